The molecule has 1 amide bonds. The second-order valence-corrected chi connectivity index (χ2v) is 5.43. The van der Waals surface area contributed by atoms with Crippen molar-refractivity contribution in [2.75, 3.05) is 13.1 Å². The van der Waals surface area contributed by atoms with E-state index in [1.54, 1.807) is 30.9 Å². The van der Waals surface area contributed by atoms with Crippen LogP contribution in [0, 0.1) is 0 Å². The Labute approximate surface area is 118 Å². The van der Waals surface area contributed by atoms with Crippen LogP contribution in [-0.2, 0) is 4.74 Å². The molecule has 1 fully saturated rings. The van der Waals surface area contributed by atoms with Gasteiger partial charge in [-0.05, 0) is 38.0 Å². The number of hydrogen-bond acceptors (Lipinski definition) is 4. The molecular formula is C15H21NO4. The smallest absolute Gasteiger partial charge is 0.410 e. The molecule has 20 heavy (non-hydrogen) atoms. The lowest BCUT2D eigenvalue weighted by atomic mass is 9.87. The lowest BCUT2D eigenvalue weighted by molar-refractivity contribution is 0.0266. The van der Waals surface area contributed by atoms with E-state index in [0.29, 0.717) is 13.0 Å². The zero-order chi connectivity index (χ0) is 14.7. The van der Waals surface area contributed by atoms with Gasteiger partial charge < -0.3 is 19.8 Å². The summed E-state index contributed by atoms with van der Waals surface area (Å²) in [7, 11) is 0. The number of hydrogen-bond donors (Lipinski definition) is 2. The number of aromatic hydroxyl groups is 1. The van der Waals surface area contributed by atoms with Gasteiger partial charge in [0.15, 0.2) is 0 Å². The summed E-state index contributed by atoms with van der Waals surface area (Å²) in [5.74, 6) is 0.194. The number of aliphatic hydroxyl groups excluding tert-OH is 1. The third kappa shape index (κ3) is 3.42. The van der Waals surface area contributed by atoms with Gasteiger partial charge in [-0.2, -0.15) is 0 Å². The van der Waals surface area contributed by atoms with Crippen LogP contribution in [0.15, 0.2) is 24.3 Å². The van der Waals surface area contributed by atoms with Gasteiger partial charge in [0, 0.05) is 12.5 Å². The molecular weight excluding hydrogens is 258 g/mol. The average Bonchev–Trinajstić information content (AvgIpc) is 2.39. The van der Waals surface area contributed by atoms with E-state index in [4.69, 9.17) is 4.74 Å². The van der Waals surface area contributed by atoms with Crippen LogP contribution < -0.4 is 0 Å². The highest BCUT2D eigenvalue weighted by Crippen LogP contribution is 2.29. The van der Waals surface area contributed by atoms with Crippen LogP contribution in [0.4, 0.5) is 4.79 Å². The molecule has 110 valence electrons. The predicted octanol–water partition coefficient (Wildman–Crippen LogP) is 2.09. The summed E-state index contributed by atoms with van der Waals surface area (Å²) < 4.78 is 5.14. The van der Waals surface area contributed by atoms with Gasteiger partial charge >= 0.3 is 6.09 Å². The van der Waals surface area contributed by atoms with Crippen molar-refractivity contribution in [2.24, 2.45) is 0 Å². The fourth-order valence-corrected chi connectivity index (χ4v) is 2.48. The molecule has 1 saturated heterocycles. The van der Waals surface area contributed by atoms with Crippen LogP contribution in [0.1, 0.15) is 31.7 Å². The van der Waals surface area contributed by atoms with Crippen LogP contribution >= 0.6 is 0 Å². The Morgan fingerprint density at radius 1 is 1.35 bits per heavy atom. The highest BCUT2D eigenvalue weighted by Gasteiger charge is 2.32. The number of likely N-dealkylation sites (tertiary alicyclic amines) is 1. The molecule has 0 spiro atoms. The second kappa shape index (κ2) is 6.13. The standard InChI is InChI=1S/C15H21NO4/c1-10(2)20-15(19)16-8-7-13(14(18)9-16)11-3-5-12(17)6-4-11/h3-6,10,13-14,17-18H,7-9H2,1-2H3. The third-order valence-corrected chi connectivity index (χ3v) is 3.50. The number of ether oxygens (including phenoxy) is 1. The van der Waals surface area contributed by atoms with Crippen LogP contribution in [0.5, 0.6) is 5.75 Å². The Bertz CT molecular complexity index is 457. The molecule has 1 aliphatic heterocycles. The van der Waals surface area contributed by atoms with Crippen molar-refractivity contribution in [1.29, 1.82) is 0 Å². The Morgan fingerprint density at radius 2 is 2.00 bits per heavy atom. The van der Waals surface area contributed by atoms with Crippen LogP contribution in [-0.4, -0.2) is 46.5 Å². The van der Waals surface area contributed by atoms with Gasteiger partial charge in [-0.3, -0.25) is 0 Å². The van der Waals surface area contributed by atoms with Crippen molar-refractivity contribution < 1.29 is 19.7 Å². The molecule has 1 aromatic rings. The zero-order valence-corrected chi connectivity index (χ0v) is 11.8. The van der Waals surface area contributed by atoms with Gasteiger partial charge in [0.25, 0.3) is 0 Å². The van der Waals surface area contributed by atoms with Crippen LogP contribution in [0.25, 0.3) is 0 Å². The van der Waals surface area contributed by atoms with Gasteiger partial charge in [-0.15, -0.1) is 0 Å². The molecule has 0 radical (unpaired) electrons. The lowest BCUT2D eigenvalue weighted by Crippen LogP contribution is -2.46. The minimum atomic E-state index is -0.618. The third-order valence-electron chi connectivity index (χ3n) is 3.50. The number of aliphatic hydroxyl groups is 1. The quantitative estimate of drug-likeness (QED) is 0.869. The molecule has 1 heterocycles. The molecule has 2 atom stereocenters. The van der Waals surface area contributed by atoms with E-state index in [-0.39, 0.29) is 30.4 Å². The fraction of sp³-hybridized carbons (Fsp3) is 0.533. The minimum absolute atomic E-state index is 0.0151. The number of benzene rings is 1. The normalized spacial score (nSPS) is 22.9. The first-order chi connectivity index (χ1) is 9.47. The number of nitrogens with zero attached hydrogens (tertiary/aromatic N) is 1. The van der Waals surface area contributed by atoms with E-state index in [2.05, 4.69) is 0 Å². The first kappa shape index (κ1) is 14.7. The fourth-order valence-electron chi connectivity index (χ4n) is 2.48. The topological polar surface area (TPSA) is 70.0 Å². The van der Waals surface area contributed by atoms with Gasteiger partial charge in [-0.25, -0.2) is 4.79 Å². The molecule has 5 heteroatoms. The van der Waals surface area contributed by atoms with Gasteiger partial charge in [0.2, 0.25) is 0 Å². The Kier molecular flexibility index (Phi) is 4.49. The van der Waals surface area contributed by atoms with Gasteiger partial charge in [-0.1, -0.05) is 12.1 Å². The number of phenolic OH excluding ortho intramolecular Hbond substituents is 1. The maximum Gasteiger partial charge on any atom is 0.410 e. The molecule has 0 saturated carbocycles. The molecule has 1 aliphatic rings. The largest absolute Gasteiger partial charge is 0.508 e. The van der Waals surface area contributed by atoms with E-state index in [9.17, 15) is 15.0 Å². The molecule has 0 aromatic heterocycles. The molecule has 1 aromatic carbocycles. The van der Waals surface area contributed by atoms with Crippen molar-refractivity contribution in [3.05, 3.63) is 29.8 Å². The number of β-amino-alcohol motifs (C(OH)–C–C–N with tert-alkyl or cyclic N) is 1. The molecule has 5 nitrogen and oxygen atoms in total. The summed E-state index contributed by atoms with van der Waals surface area (Å²) in [6.45, 7) is 4.44. The maximum absolute atomic E-state index is 11.8. The van der Waals surface area contributed by atoms with Crippen LogP contribution in [0.3, 0.4) is 0 Å². The van der Waals surface area contributed by atoms with E-state index < -0.39 is 6.10 Å². The second-order valence-electron chi connectivity index (χ2n) is 5.43. The average molecular weight is 279 g/mol. The summed E-state index contributed by atoms with van der Waals surface area (Å²) in [4.78, 5) is 13.3. The summed E-state index contributed by atoms with van der Waals surface area (Å²) in [6, 6.07) is 6.85. The number of rotatable bonds is 2. The first-order valence-corrected chi connectivity index (χ1v) is 6.90. The monoisotopic (exact) mass is 279 g/mol. The van der Waals surface area contributed by atoms with Crippen molar-refractivity contribution >= 4 is 6.09 Å². The van der Waals surface area contributed by atoms with Crippen LogP contribution in [0.2, 0.25) is 0 Å². The number of amides is 1. The highest BCUT2D eigenvalue weighted by molar-refractivity contribution is 5.68. The van der Waals surface area contributed by atoms with Crippen molar-refractivity contribution in [2.45, 2.75) is 38.4 Å². The molecule has 2 N–H and O–H groups in total. The summed E-state index contributed by atoms with van der Waals surface area (Å²) in [5.41, 5.74) is 0.979. The number of piperidine rings is 1. The Hall–Kier alpha value is -1.75. The number of phenols is 1. The SMILES string of the molecule is CC(C)OC(=O)N1CCC(c2ccc(O)cc2)C(O)C1. The summed E-state index contributed by atoms with van der Waals surface area (Å²) in [5, 5.41) is 19.5. The van der Waals surface area contributed by atoms with Gasteiger partial charge in [0.05, 0.1) is 18.8 Å². The first-order valence-electron chi connectivity index (χ1n) is 6.90. The minimum Gasteiger partial charge on any atom is -0.508 e. The number of carbonyl (C=O) groups is 1. The Balaban J connectivity index is 1.98. The van der Waals surface area contributed by atoms with E-state index in [1.165, 1.54) is 0 Å². The van der Waals surface area contributed by atoms with Crippen molar-refractivity contribution in [3.63, 3.8) is 0 Å². The van der Waals surface area contributed by atoms with E-state index in [1.807, 2.05) is 12.1 Å². The predicted molar refractivity (Wildman–Crippen MR) is 74.7 cm³/mol. The molecule has 0 aliphatic carbocycles. The molecule has 0 bridgehead atoms. The van der Waals surface area contributed by atoms with E-state index >= 15 is 0 Å². The van der Waals surface area contributed by atoms with Crippen molar-refractivity contribution in [3.8, 4) is 5.75 Å². The number of carbonyl (C=O) groups excluding carboxylic acids is 1. The molecule has 2 unspecified atom stereocenters. The lowest BCUT2D eigenvalue weighted by Gasteiger charge is -2.35. The van der Waals surface area contributed by atoms with Crippen molar-refractivity contribution in [1.82, 2.24) is 4.90 Å². The van der Waals surface area contributed by atoms with E-state index in [0.717, 1.165) is 5.56 Å². The summed E-state index contributed by atoms with van der Waals surface area (Å²) in [6.07, 6.45) is -0.468. The molecule has 2 rings (SSSR count). The zero-order valence-electron chi connectivity index (χ0n) is 11.8. The summed E-state index contributed by atoms with van der Waals surface area (Å²) >= 11 is 0. The highest BCUT2D eigenvalue weighted by atomic mass is 16.6. The van der Waals surface area contributed by atoms with Gasteiger partial charge in [0.1, 0.15) is 5.75 Å². The maximum atomic E-state index is 11.8. The Morgan fingerprint density at radius 3 is 2.55 bits per heavy atom.